The van der Waals surface area contributed by atoms with Gasteiger partial charge in [-0.2, -0.15) is 0 Å². The molecule has 0 saturated carbocycles. The molecule has 0 aliphatic carbocycles. The number of amides is 1. The second-order valence-electron chi connectivity index (χ2n) is 5.89. The third-order valence-electron chi connectivity index (χ3n) is 4.23. The van der Waals surface area contributed by atoms with E-state index in [0.717, 1.165) is 5.56 Å². The van der Waals surface area contributed by atoms with Crippen LogP contribution in [0.5, 0.6) is 5.75 Å². The molecule has 1 aliphatic rings. The lowest BCUT2D eigenvalue weighted by molar-refractivity contribution is -0.156. The van der Waals surface area contributed by atoms with Crippen LogP contribution in [0, 0.1) is 18.3 Å². The van der Waals surface area contributed by atoms with Crippen molar-refractivity contribution < 1.29 is 19.1 Å². The molecule has 1 amide bonds. The number of terminal acetylenes is 1. The van der Waals surface area contributed by atoms with Gasteiger partial charge in [0, 0.05) is 25.6 Å². The topological polar surface area (TPSA) is 55.8 Å². The van der Waals surface area contributed by atoms with E-state index in [1.165, 1.54) is 0 Å². The first-order valence-electron chi connectivity index (χ1n) is 8.14. The van der Waals surface area contributed by atoms with Gasteiger partial charge in [-0.05, 0) is 25.8 Å². The summed E-state index contributed by atoms with van der Waals surface area (Å²) in [5, 5.41) is 0. The first-order chi connectivity index (χ1) is 11.5. The van der Waals surface area contributed by atoms with Crippen LogP contribution in [0.15, 0.2) is 24.3 Å². The minimum absolute atomic E-state index is 0.0507. The lowest BCUT2D eigenvalue weighted by Crippen LogP contribution is -2.39. The molecule has 1 saturated heterocycles. The zero-order valence-corrected chi connectivity index (χ0v) is 14.2. The van der Waals surface area contributed by atoms with Crippen molar-refractivity contribution in [1.82, 2.24) is 4.90 Å². The largest absolute Gasteiger partial charge is 0.481 e. The van der Waals surface area contributed by atoms with Crippen LogP contribution < -0.4 is 4.74 Å². The number of esters is 1. The lowest BCUT2D eigenvalue weighted by Gasteiger charge is -2.30. The highest BCUT2D eigenvalue weighted by molar-refractivity contribution is 5.75. The van der Waals surface area contributed by atoms with E-state index in [-0.39, 0.29) is 24.4 Å². The van der Waals surface area contributed by atoms with Gasteiger partial charge in [-0.15, -0.1) is 6.42 Å². The molecule has 2 rings (SSSR count). The van der Waals surface area contributed by atoms with E-state index < -0.39 is 6.10 Å². The van der Waals surface area contributed by atoms with E-state index in [1.54, 1.807) is 11.8 Å². The molecule has 5 nitrogen and oxygen atoms in total. The Morgan fingerprint density at radius 3 is 2.62 bits per heavy atom. The normalized spacial score (nSPS) is 16.1. The zero-order chi connectivity index (χ0) is 17.5. The van der Waals surface area contributed by atoms with Crippen LogP contribution in [-0.4, -0.2) is 36.5 Å². The first-order valence-corrected chi connectivity index (χ1v) is 8.14. The number of carbonyl (C=O) groups is 2. The molecule has 0 unspecified atom stereocenters. The van der Waals surface area contributed by atoms with Crippen molar-refractivity contribution in [3.05, 3.63) is 29.8 Å². The van der Waals surface area contributed by atoms with Gasteiger partial charge in [-0.3, -0.25) is 9.59 Å². The van der Waals surface area contributed by atoms with E-state index in [4.69, 9.17) is 15.9 Å². The van der Waals surface area contributed by atoms with Crippen LogP contribution in [0.4, 0.5) is 0 Å². The van der Waals surface area contributed by atoms with Crippen molar-refractivity contribution in [1.29, 1.82) is 0 Å². The number of nitrogens with zero attached hydrogens (tertiary/aromatic N) is 1. The average molecular weight is 329 g/mol. The van der Waals surface area contributed by atoms with Crippen LogP contribution in [0.25, 0.3) is 0 Å². The Labute approximate surface area is 142 Å². The van der Waals surface area contributed by atoms with E-state index in [0.29, 0.717) is 31.7 Å². The molecule has 128 valence electrons. The number of ether oxygens (including phenoxy) is 2. The van der Waals surface area contributed by atoms with E-state index in [1.807, 2.05) is 31.2 Å². The van der Waals surface area contributed by atoms with Crippen molar-refractivity contribution in [2.45, 2.75) is 32.8 Å². The van der Waals surface area contributed by atoms with Gasteiger partial charge in [0.2, 0.25) is 5.91 Å². The summed E-state index contributed by atoms with van der Waals surface area (Å²) in [6.07, 6.45) is 6.08. The maximum atomic E-state index is 12.4. The molecule has 1 fully saturated rings. The monoisotopic (exact) mass is 329 g/mol. The van der Waals surface area contributed by atoms with Gasteiger partial charge in [0.15, 0.2) is 0 Å². The molecule has 1 aliphatic heterocycles. The summed E-state index contributed by atoms with van der Waals surface area (Å²) in [5.74, 6) is 2.71. The second-order valence-corrected chi connectivity index (χ2v) is 5.89. The number of hydrogen-bond acceptors (Lipinski definition) is 4. The highest BCUT2D eigenvalue weighted by Gasteiger charge is 2.28. The molecule has 5 heteroatoms. The predicted molar refractivity (Wildman–Crippen MR) is 90.3 cm³/mol. The molecule has 0 N–H and O–H groups in total. The molecule has 0 bridgehead atoms. The fourth-order valence-electron chi connectivity index (χ4n) is 2.83. The Kier molecular flexibility index (Phi) is 6.25. The summed E-state index contributed by atoms with van der Waals surface area (Å²) in [6.45, 7) is 4.74. The summed E-state index contributed by atoms with van der Waals surface area (Å²) >= 11 is 0. The van der Waals surface area contributed by atoms with Gasteiger partial charge in [0.1, 0.15) is 18.5 Å². The van der Waals surface area contributed by atoms with E-state index >= 15 is 0 Å². The van der Waals surface area contributed by atoms with Gasteiger partial charge >= 0.3 is 5.97 Å². The van der Waals surface area contributed by atoms with Gasteiger partial charge < -0.3 is 14.4 Å². The second kappa shape index (κ2) is 8.39. The van der Waals surface area contributed by atoms with Gasteiger partial charge in [-0.1, -0.05) is 24.1 Å². The zero-order valence-electron chi connectivity index (χ0n) is 14.2. The number of para-hydroxylation sites is 1. The Balaban J connectivity index is 1.95. The van der Waals surface area contributed by atoms with Crippen LogP contribution >= 0.6 is 0 Å². The summed E-state index contributed by atoms with van der Waals surface area (Å²) in [7, 11) is 0. The maximum Gasteiger partial charge on any atom is 0.309 e. The minimum atomic E-state index is -0.419. The Hall–Kier alpha value is -2.48. The Bertz CT molecular complexity index is 626. The summed E-state index contributed by atoms with van der Waals surface area (Å²) in [4.78, 5) is 25.5. The van der Waals surface area contributed by atoms with E-state index in [2.05, 4.69) is 5.92 Å². The molecule has 0 spiro atoms. The van der Waals surface area contributed by atoms with Crippen molar-refractivity contribution in [3.63, 3.8) is 0 Å². The molecule has 1 heterocycles. The molecular formula is C19H23NO4. The maximum absolute atomic E-state index is 12.4. The minimum Gasteiger partial charge on any atom is -0.481 e. The molecule has 0 aromatic heterocycles. The SMILES string of the molecule is C#CCOc1ccccc1[C@H](C)OC(=O)C1CCN(C(C)=O)CC1. The molecule has 0 radical (unpaired) electrons. The number of likely N-dealkylation sites (tertiary alicyclic amines) is 1. The van der Waals surface area contributed by atoms with Gasteiger partial charge in [0.05, 0.1) is 5.92 Å². The highest BCUT2D eigenvalue weighted by atomic mass is 16.5. The summed E-state index contributed by atoms with van der Waals surface area (Å²) in [6, 6.07) is 7.39. The van der Waals surface area contributed by atoms with Crippen LogP contribution in [-0.2, 0) is 14.3 Å². The van der Waals surface area contributed by atoms with Crippen LogP contribution in [0.1, 0.15) is 38.4 Å². The van der Waals surface area contributed by atoms with Crippen molar-refractivity contribution >= 4 is 11.9 Å². The molecular weight excluding hydrogens is 306 g/mol. The summed E-state index contributed by atoms with van der Waals surface area (Å²) < 4.78 is 11.1. The number of rotatable bonds is 5. The predicted octanol–water partition coefficient (Wildman–Crippen LogP) is 2.56. The first kappa shape index (κ1) is 17.9. The molecule has 1 aromatic rings. The number of benzene rings is 1. The van der Waals surface area contributed by atoms with Crippen LogP contribution in [0.3, 0.4) is 0 Å². The third-order valence-corrected chi connectivity index (χ3v) is 4.23. The van der Waals surface area contributed by atoms with Crippen molar-refractivity contribution in [2.75, 3.05) is 19.7 Å². The molecule has 1 aromatic carbocycles. The Morgan fingerprint density at radius 2 is 2.00 bits per heavy atom. The fraction of sp³-hybridized carbons (Fsp3) is 0.474. The standard InChI is InChI=1S/C19H23NO4/c1-4-13-23-18-8-6-5-7-17(18)14(2)24-19(22)16-9-11-20(12-10-16)15(3)21/h1,5-8,14,16H,9-13H2,2-3H3/t14-/m0/s1. The average Bonchev–Trinajstić information content (AvgIpc) is 2.60. The number of piperidine rings is 1. The van der Waals surface area contributed by atoms with Gasteiger partial charge in [-0.25, -0.2) is 0 Å². The molecule has 24 heavy (non-hydrogen) atoms. The summed E-state index contributed by atoms with van der Waals surface area (Å²) in [5.41, 5.74) is 0.794. The number of hydrogen-bond donors (Lipinski definition) is 0. The fourth-order valence-corrected chi connectivity index (χ4v) is 2.83. The van der Waals surface area contributed by atoms with Crippen molar-refractivity contribution in [2.24, 2.45) is 5.92 Å². The van der Waals surface area contributed by atoms with Crippen molar-refractivity contribution in [3.8, 4) is 18.1 Å². The number of carbonyl (C=O) groups excluding carboxylic acids is 2. The van der Waals surface area contributed by atoms with Gasteiger partial charge in [0.25, 0.3) is 0 Å². The quantitative estimate of drug-likeness (QED) is 0.615. The highest BCUT2D eigenvalue weighted by Crippen LogP contribution is 2.29. The van der Waals surface area contributed by atoms with E-state index in [9.17, 15) is 9.59 Å². The Morgan fingerprint density at radius 1 is 1.33 bits per heavy atom. The lowest BCUT2D eigenvalue weighted by atomic mass is 9.97. The van der Waals surface area contributed by atoms with Crippen LogP contribution in [0.2, 0.25) is 0 Å². The smallest absolute Gasteiger partial charge is 0.309 e. The third kappa shape index (κ3) is 4.51. The molecule has 1 atom stereocenters.